The molecule has 2 aliphatic rings. The summed E-state index contributed by atoms with van der Waals surface area (Å²) in [7, 11) is 3.28. The van der Waals surface area contributed by atoms with Crippen LogP contribution in [-0.2, 0) is 17.9 Å². The zero-order valence-corrected chi connectivity index (χ0v) is 19.9. The van der Waals surface area contributed by atoms with Gasteiger partial charge in [0.05, 0.1) is 14.2 Å². The molecule has 0 aromatic heterocycles. The minimum absolute atomic E-state index is 0.0860. The van der Waals surface area contributed by atoms with Gasteiger partial charge in [-0.25, -0.2) is 0 Å². The summed E-state index contributed by atoms with van der Waals surface area (Å²) in [6, 6.07) is 16.9. The van der Waals surface area contributed by atoms with E-state index in [4.69, 9.17) is 9.47 Å². The summed E-state index contributed by atoms with van der Waals surface area (Å²) >= 11 is 0. The molecule has 2 aromatic rings. The van der Waals surface area contributed by atoms with Gasteiger partial charge in [-0.15, -0.1) is 0 Å². The zero-order chi connectivity index (χ0) is 23.0. The molecule has 0 spiro atoms. The summed E-state index contributed by atoms with van der Waals surface area (Å²) in [5.74, 6) is 3.02. The third kappa shape index (κ3) is 6.49. The van der Waals surface area contributed by atoms with Gasteiger partial charge in [-0.1, -0.05) is 30.3 Å². The second kappa shape index (κ2) is 11.5. The van der Waals surface area contributed by atoms with E-state index in [0.717, 1.165) is 55.5 Å². The van der Waals surface area contributed by atoms with Gasteiger partial charge in [0.2, 0.25) is 5.91 Å². The van der Waals surface area contributed by atoms with Crippen molar-refractivity contribution in [2.45, 2.75) is 44.8 Å². The molecule has 2 bridgehead atoms. The third-order valence-electron chi connectivity index (χ3n) is 7.01. The predicted octanol–water partition coefficient (Wildman–Crippen LogP) is 3.60. The standard InChI is InChI=1S/C27H37N3O3/c1-32-24-11-12-26(33-2)22(14-24)16-29-27(31)10-6-9-25-23-13-21(15-28-25)18-30(19-23)17-20-7-4-3-5-8-20/h3-5,7-8,11-12,14,21,23,25,28H,6,9-10,13,15-19H2,1-2H3,(H,29,31)/t21?,23?,25-/m1/s1. The number of likely N-dealkylation sites (tertiary alicyclic amines) is 1. The number of fused-ring (bicyclic) bond motifs is 2. The molecule has 6 nitrogen and oxygen atoms in total. The Kier molecular flexibility index (Phi) is 8.24. The summed E-state index contributed by atoms with van der Waals surface area (Å²) in [5.41, 5.74) is 2.32. The number of carbonyl (C=O) groups is 1. The number of hydrogen-bond acceptors (Lipinski definition) is 5. The quantitative estimate of drug-likeness (QED) is 0.578. The number of amides is 1. The first-order valence-corrected chi connectivity index (χ1v) is 12.1. The van der Waals surface area contributed by atoms with Gasteiger partial charge in [-0.05, 0) is 61.4 Å². The maximum absolute atomic E-state index is 12.5. The summed E-state index contributed by atoms with van der Waals surface area (Å²) in [6.07, 6.45) is 3.81. The molecule has 0 radical (unpaired) electrons. The minimum atomic E-state index is 0.0860. The molecule has 3 atom stereocenters. The van der Waals surface area contributed by atoms with Gasteiger partial charge in [0.15, 0.2) is 0 Å². The van der Waals surface area contributed by atoms with Crippen LogP contribution in [0.5, 0.6) is 11.5 Å². The van der Waals surface area contributed by atoms with E-state index >= 15 is 0 Å². The van der Waals surface area contributed by atoms with E-state index in [0.29, 0.717) is 24.9 Å². The van der Waals surface area contributed by atoms with Crippen LogP contribution < -0.4 is 20.1 Å². The van der Waals surface area contributed by atoms with Gasteiger partial charge in [0, 0.05) is 44.2 Å². The van der Waals surface area contributed by atoms with Crippen LogP contribution in [0, 0.1) is 11.8 Å². The average molecular weight is 452 g/mol. The lowest BCUT2D eigenvalue weighted by Crippen LogP contribution is -2.55. The molecule has 2 unspecified atom stereocenters. The van der Waals surface area contributed by atoms with Gasteiger partial charge in [0.25, 0.3) is 0 Å². The fraction of sp³-hybridized carbons (Fsp3) is 0.519. The van der Waals surface area contributed by atoms with Crippen molar-refractivity contribution in [3.8, 4) is 11.5 Å². The topological polar surface area (TPSA) is 62.8 Å². The second-order valence-electron chi connectivity index (χ2n) is 9.40. The molecule has 6 heteroatoms. The Hall–Kier alpha value is -2.57. The maximum Gasteiger partial charge on any atom is 0.220 e. The Morgan fingerprint density at radius 2 is 1.97 bits per heavy atom. The monoisotopic (exact) mass is 451 g/mol. The van der Waals surface area contributed by atoms with E-state index in [1.165, 1.54) is 18.5 Å². The summed E-state index contributed by atoms with van der Waals surface area (Å²) < 4.78 is 10.7. The van der Waals surface area contributed by atoms with E-state index in [2.05, 4.69) is 45.9 Å². The second-order valence-corrected chi connectivity index (χ2v) is 9.40. The molecule has 1 amide bonds. The van der Waals surface area contributed by atoms with Crippen molar-refractivity contribution in [3.63, 3.8) is 0 Å². The van der Waals surface area contributed by atoms with E-state index in [1.54, 1.807) is 14.2 Å². The highest BCUT2D eigenvalue weighted by Crippen LogP contribution is 2.31. The largest absolute Gasteiger partial charge is 0.497 e. The van der Waals surface area contributed by atoms with Crippen LogP contribution >= 0.6 is 0 Å². The number of nitrogens with zero attached hydrogens (tertiary/aromatic N) is 1. The highest BCUT2D eigenvalue weighted by molar-refractivity contribution is 5.75. The van der Waals surface area contributed by atoms with Gasteiger partial charge < -0.3 is 20.1 Å². The van der Waals surface area contributed by atoms with Crippen molar-refractivity contribution in [1.82, 2.24) is 15.5 Å². The van der Waals surface area contributed by atoms with Crippen molar-refractivity contribution in [3.05, 3.63) is 59.7 Å². The zero-order valence-electron chi connectivity index (χ0n) is 19.9. The number of benzene rings is 2. The van der Waals surface area contributed by atoms with Crippen LogP contribution in [0.2, 0.25) is 0 Å². The molecule has 0 saturated carbocycles. The maximum atomic E-state index is 12.5. The Bertz CT molecular complexity index is 905. The van der Waals surface area contributed by atoms with Crippen LogP contribution in [0.4, 0.5) is 0 Å². The lowest BCUT2D eigenvalue weighted by molar-refractivity contribution is -0.121. The predicted molar refractivity (Wildman–Crippen MR) is 130 cm³/mol. The molecule has 33 heavy (non-hydrogen) atoms. The number of hydrogen-bond donors (Lipinski definition) is 2. The molecule has 178 valence electrons. The molecule has 2 aliphatic heterocycles. The normalized spacial score (nSPS) is 22.5. The number of carbonyl (C=O) groups excluding carboxylic acids is 1. The number of piperidine rings is 2. The van der Waals surface area contributed by atoms with Crippen LogP contribution in [0.3, 0.4) is 0 Å². The lowest BCUT2D eigenvalue weighted by Gasteiger charge is -2.46. The molecule has 2 saturated heterocycles. The Labute approximate surface area is 197 Å². The van der Waals surface area contributed by atoms with E-state index in [1.807, 2.05) is 18.2 Å². The Balaban J connectivity index is 1.21. The highest BCUT2D eigenvalue weighted by Gasteiger charge is 2.36. The van der Waals surface area contributed by atoms with Crippen molar-refractivity contribution in [2.75, 3.05) is 33.9 Å². The van der Waals surface area contributed by atoms with Gasteiger partial charge >= 0.3 is 0 Å². The first-order valence-electron chi connectivity index (χ1n) is 12.1. The molecule has 4 rings (SSSR count). The summed E-state index contributed by atoms with van der Waals surface area (Å²) in [4.78, 5) is 15.1. The van der Waals surface area contributed by atoms with Crippen molar-refractivity contribution in [2.24, 2.45) is 11.8 Å². The number of nitrogens with one attached hydrogen (secondary N) is 2. The molecule has 0 aliphatic carbocycles. The fourth-order valence-corrected chi connectivity index (χ4v) is 5.37. The molecule has 2 aromatic carbocycles. The first kappa shape index (κ1) is 23.6. The average Bonchev–Trinajstić information content (AvgIpc) is 2.84. The molecule has 2 N–H and O–H groups in total. The third-order valence-corrected chi connectivity index (χ3v) is 7.01. The van der Waals surface area contributed by atoms with E-state index in [9.17, 15) is 4.79 Å². The van der Waals surface area contributed by atoms with Crippen molar-refractivity contribution >= 4 is 5.91 Å². The minimum Gasteiger partial charge on any atom is -0.497 e. The van der Waals surface area contributed by atoms with Crippen molar-refractivity contribution < 1.29 is 14.3 Å². The van der Waals surface area contributed by atoms with Crippen LogP contribution in [0.15, 0.2) is 48.5 Å². The summed E-state index contributed by atoms with van der Waals surface area (Å²) in [6.45, 7) is 4.90. The van der Waals surface area contributed by atoms with Gasteiger partial charge in [-0.3, -0.25) is 9.69 Å². The number of ether oxygens (including phenoxy) is 2. The Morgan fingerprint density at radius 3 is 2.76 bits per heavy atom. The van der Waals surface area contributed by atoms with Crippen LogP contribution in [0.25, 0.3) is 0 Å². The Morgan fingerprint density at radius 1 is 1.12 bits per heavy atom. The van der Waals surface area contributed by atoms with Gasteiger partial charge in [0.1, 0.15) is 11.5 Å². The van der Waals surface area contributed by atoms with Crippen molar-refractivity contribution in [1.29, 1.82) is 0 Å². The summed E-state index contributed by atoms with van der Waals surface area (Å²) in [5, 5.41) is 6.81. The molecule has 2 fully saturated rings. The fourth-order valence-electron chi connectivity index (χ4n) is 5.37. The SMILES string of the molecule is COc1ccc(OC)c(CNC(=O)CCC[C@H]2NCC3CC2CN(Cc2ccccc2)C3)c1. The molecular formula is C27H37N3O3. The van der Waals surface area contributed by atoms with Crippen LogP contribution in [0.1, 0.15) is 36.8 Å². The van der Waals surface area contributed by atoms with Gasteiger partial charge in [-0.2, -0.15) is 0 Å². The van der Waals surface area contributed by atoms with E-state index < -0.39 is 0 Å². The lowest BCUT2D eigenvalue weighted by atomic mass is 9.79. The molecular weight excluding hydrogens is 414 g/mol. The number of methoxy groups -OCH3 is 2. The smallest absolute Gasteiger partial charge is 0.220 e. The first-order chi connectivity index (χ1) is 16.1. The highest BCUT2D eigenvalue weighted by atomic mass is 16.5. The van der Waals surface area contributed by atoms with E-state index in [-0.39, 0.29) is 5.91 Å². The van der Waals surface area contributed by atoms with Crippen LogP contribution in [-0.4, -0.2) is 50.7 Å². The molecule has 2 heterocycles. The number of rotatable bonds is 10.